The first-order valence-electron chi connectivity index (χ1n) is 6.08. The molecule has 0 aliphatic carbocycles. The zero-order chi connectivity index (χ0) is 14.4. The third-order valence-electron chi connectivity index (χ3n) is 2.79. The Bertz CT molecular complexity index is 623. The van der Waals surface area contributed by atoms with Crippen molar-refractivity contribution in [1.29, 1.82) is 5.26 Å². The van der Waals surface area contributed by atoms with Crippen LogP contribution in [0.3, 0.4) is 0 Å². The van der Waals surface area contributed by atoms with Gasteiger partial charge in [-0.15, -0.1) is 0 Å². The predicted octanol–water partition coefficient (Wildman–Crippen LogP) is 2.23. The van der Waals surface area contributed by atoms with Crippen LogP contribution in [-0.2, 0) is 17.8 Å². The van der Waals surface area contributed by atoms with E-state index in [1.807, 2.05) is 12.1 Å². The van der Waals surface area contributed by atoms with Crippen LogP contribution in [0.25, 0.3) is 0 Å². The molecule has 0 saturated heterocycles. The number of rotatable bonds is 5. The molecule has 0 saturated carbocycles. The van der Waals surface area contributed by atoms with Gasteiger partial charge in [-0.1, -0.05) is 12.1 Å². The fraction of sp³-hybridized carbons (Fsp3) is 0.200. The quantitative estimate of drug-likeness (QED) is 0.843. The van der Waals surface area contributed by atoms with Crippen LogP contribution in [0.2, 0.25) is 0 Å². The van der Waals surface area contributed by atoms with Crippen LogP contribution in [0.4, 0.5) is 0 Å². The Balaban J connectivity index is 1.85. The summed E-state index contributed by atoms with van der Waals surface area (Å²) in [5, 5.41) is 11.9. The lowest BCUT2D eigenvalue weighted by molar-refractivity contribution is 0.0600. The zero-order valence-corrected chi connectivity index (χ0v) is 11.1. The Morgan fingerprint density at radius 2 is 2.10 bits per heavy atom. The van der Waals surface area contributed by atoms with Gasteiger partial charge in [0, 0.05) is 6.54 Å². The standard InChI is InChI=1S/C15H14N2O3/c1-19-15(18)13-6-14(20-10-13)9-17-8-12-4-2-11(7-16)3-5-12/h2-6,10,17H,8-9H2,1H3. The molecule has 5 nitrogen and oxygen atoms in total. The summed E-state index contributed by atoms with van der Waals surface area (Å²) in [6.45, 7) is 1.16. The van der Waals surface area contributed by atoms with Gasteiger partial charge in [0.05, 0.1) is 30.9 Å². The number of nitrogens with one attached hydrogen (secondary N) is 1. The minimum Gasteiger partial charge on any atom is -0.467 e. The first kappa shape index (κ1) is 13.8. The third kappa shape index (κ3) is 3.46. The van der Waals surface area contributed by atoms with Gasteiger partial charge in [-0.05, 0) is 23.8 Å². The number of benzene rings is 1. The van der Waals surface area contributed by atoms with E-state index in [-0.39, 0.29) is 0 Å². The number of nitriles is 1. The fourth-order valence-corrected chi connectivity index (χ4v) is 1.73. The van der Waals surface area contributed by atoms with Crippen molar-refractivity contribution in [2.45, 2.75) is 13.1 Å². The molecule has 0 aliphatic rings. The second kappa shape index (κ2) is 6.55. The molecule has 1 N–H and O–H groups in total. The average Bonchev–Trinajstić information content (AvgIpc) is 2.96. The van der Waals surface area contributed by atoms with E-state index in [2.05, 4.69) is 16.1 Å². The van der Waals surface area contributed by atoms with Crippen molar-refractivity contribution >= 4 is 5.97 Å². The lowest BCUT2D eigenvalue weighted by Gasteiger charge is -2.02. The maximum Gasteiger partial charge on any atom is 0.341 e. The van der Waals surface area contributed by atoms with Gasteiger partial charge < -0.3 is 14.5 Å². The van der Waals surface area contributed by atoms with E-state index in [9.17, 15) is 4.79 Å². The Morgan fingerprint density at radius 3 is 2.75 bits per heavy atom. The summed E-state index contributed by atoms with van der Waals surface area (Å²) in [6, 6.07) is 11.1. The molecule has 1 aromatic heterocycles. The van der Waals surface area contributed by atoms with E-state index in [1.54, 1.807) is 18.2 Å². The molecule has 1 heterocycles. The number of hydrogen-bond donors (Lipinski definition) is 1. The van der Waals surface area contributed by atoms with Crippen molar-refractivity contribution in [2.75, 3.05) is 7.11 Å². The molecule has 20 heavy (non-hydrogen) atoms. The highest BCUT2D eigenvalue weighted by molar-refractivity contribution is 5.88. The van der Waals surface area contributed by atoms with E-state index in [0.29, 0.717) is 30.0 Å². The fourth-order valence-electron chi connectivity index (χ4n) is 1.73. The van der Waals surface area contributed by atoms with Crippen molar-refractivity contribution < 1.29 is 13.9 Å². The second-order valence-corrected chi connectivity index (χ2v) is 4.21. The number of hydrogen-bond acceptors (Lipinski definition) is 5. The number of esters is 1. The van der Waals surface area contributed by atoms with Crippen molar-refractivity contribution in [1.82, 2.24) is 5.32 Å². The molecule has 0 atom stereocenters. The van der Waals surface area contributed by atoms with E-state index in [0.717, 1.165) is 5.56 Å². The highest BCUT2D eigenvalue weighted by Gasteiger charge is 2.09. The number of furan rings is 1. The maximum absolute atomic E-state index is 11.3. The highest BCUT2D eigenvalue weighted by Crippen LogP contribution is 2.09. The smallest absolute Gasteiger partial charge is 0.341 e. The Labute approximate surface area is 116 Å². The van der Waals surface area contributed by atoms with Gasteiger partial charge in [0.1, 0.15) is 12.0 Å². The molecule has 0 bridgehead atoms. The van der Waals surface area contributed by atoms with Gasteiger partial charge in [0.2, 0.25) is 0 Å². The number of carbonyl (C=O) groups is 1. The van der Waals surface area contributed by atoms with Gasteiger partial charge in [-0.2, -0.15) is 5.26 Å². The third-order valence-corrected chi connectivity index (χ3v) is 2.79. The Morgan fingerprint density at radius 1 is 1.35 bits per heavy atom. The summed E-state index contributed by atoms with van der Waals surface area (Å²) >= 11 is 0. The van der Waals surface area contributed by atoms with Gasteiger partial charge in [-0.25, -0.2) is 4.79 Å². The van der Waals surface area contributed by atoms with Gasteiger partial charge in [-0.3, -0.25) is 0 Å². The summed E-state index contributed by atoms with van der Waals surface area (Å²) in [7, 11) is 1.33. The first-order chi connectivity index (χ1) is 9.72. The summed E-state index contributed by atoms with van der Waals surface area (Å²) in [5.41, 5.74) is 2.12. The molecule has 0 radical (unpaired) electrons. The topological polar surface area (TPSA) is 75.3 Å². The summed E-state index contributed by atoms with van der Waals surface area (Å²) in [4.78, 5) is 11.3. The van der Waals surface area contributed by atoms with Crippen LogP contribution in [0.1, 0.15) is 27.2 Å². The minimum absolute atomic E-state index is 0.405. The van der Waals surface area contributed by atoms with Crippen molar-refractivity contribution in [3.8, 4) is 6.07 Å². The minimum atomic E-state index is -0.410. The molecule has 102 valence electrons. The maximum atomic E-state index is 11.3. The first-order valence-corrected chi connectivity index (χ1v) is 6.08. The Hall–Kier alpha value is -2.58. The van der Waals surface area contributed by atoms with Crippen LogP contribution in [-0.4, -0.2) is 13.1 Å². The van der Waals surface area contributed by atoms with Gasteiger partial charge in [0.25, 0.3) is 0 Å². The molecule has 5 heteroatoms. The monoisotopic (exact) mass is 270 g/mol. The van der Waals surface area contributed by atoms with Crippen molar-refractivity contribution in [3.05, 3.63) is 59.0 Å². The summed E-state index contributed by atoms with van der Waals surface area (Å²) in [5.74, 6) is 0.256. The summed E-state index contributed by atoms with van der Waals surface area (Å²) in [6.07, 6.45) is 1.38. The van der Waals surface area contributed by atoms with E-state index in [4.69, 9.17) is 9.68 Å². The van der Waals surface area contributed by atoms with Crippen molar-refractivity contribution in [3.63, 3.8) is 0 Å². The molecule has 0 unspecified atom stereocenters. The Kier molecular flexibility index (Phi) is 4.53. The van der Waals surface area contributed by atoms with E-state index < -0.39 is 5.97 Å². The van der Waals surface area contributed by atoms with Crippen LogP contribution < -0.4 is 5.32 Å². The summed E-state index contributed by atoms with van der Waals surface area (Å²) < 4.78 is 9.86. The molecular formula is C15H14N2O3. The van der Waals surface area contributed by atoms with Gasteiger partial charge >= 0.3 is 5.97 Å². The highest BCUT2D eigenvalue weighted by atomic mass is 16.5. The van der Waals surface area contributed by atoms with Crippen molar-refractivity contribution in [2.24, 2.45) is 0 Å². The molecule has 0 fully saturated rings. The molecule has 0 aliphatic heterocycles. The second-order valence-electron chi connectivity index (χ2n) is 4.21. The van der Waals surface area contributed by atoms with E-state index in [1.165, 1.54) is 13.4 Å². The molecule has 2 aromatic rings. The number of nitrogens with zero attached hydrogens (tertiary/aromatic N) is 1. The van der Waals surface area contributed by atoms with Gasteiger partial charge in [0.15, 0.2) is 0 Å². The molecular weight excluding hydrogens is 256 g/mol. The molecule has 0 spiro atoms. The average molecular weight is 270 g/mol. The predicted molar refractivity (Wildman–Crippen MR) is 71.7 cm³/mol. The molecule has 1 aromatic carbocycles. The molecule has 0 amide bonds. The number of ether oxygens (including phenoxy) is 1. The number of methoxy groups -OCH3 is 1. The lowest BCUT2D eigenvalue weighted by atomic mass is 10.1. The van der Waals surface area contributed by atoms with Crippen LogP contribution in [0.15, 0.2) is 41.0 Å². The van der Waals surface area contributed by atoms with E-state index >= 15 is 0 Å². The largest absolute Gasteiger partial charge is 0.467 e. The van der Waals surface area contributed by atoms with Crippen LogP contribution in [0, 0.1) is 11.3 Å². The SMILES string of the molecule is COC(=O)c1coc(CNCc2ccc(C#N)cc2)c1. The van der Waals surface area contributed by atoms with Crippen LogP contribution >= 0.6 is 0 Å². The molecule has 2 rings (SSSR count). The zero-order valence-electron chi connectivity index (χ0n) is 11.1. The number of carbonyl (C=O) groups excluding carboxylic acids is 1. The van der Waals surface area contributed by atoms with Crippen LogP contribution in [0.5, 0.6) is 0 Å². The normalized spacial score (nSPS) is 10.0. The lowest BCUT2D eigenvalue weighted by Crippen LogP contribution is -2.12.